The van der Waals surface area contributed by atoms with Gasteiger partial charge in [0.2, 0.25) is 0 Å². The standard InChI is InChI=1S/C21H27N3S/c1-15(2)17-10-8-16(9-11-17)14-24-20-7-5-4-6-19(20)23-21(24)18(22)12-13-25-3/h4-11,15,18H,12-14,22H2,1-3H3. The molecule has 3 aromatic rings. The van der Waals surface area contributed by atoms with Crippen LogP contribution >= 0.6 is 11.8 Å². The van der Waals surface area contributed by atoms with E-state index < -0.39 is 0 Å². The Morgan fingerprint density at radius 2 is 1.80 bits per heavy atom. The molecule has 4 heteroatoms. The zero-order valence-electron chi connectivity index (χ0n) is 15.3. The van der Waals surface area contributed by atoms with Gasteiger partial charge in [0.15, 0.2) is 0 Å². The van der Waals surface area contributed by atoms with Gasteiger partial charge in [0.05, 0.1) is 17.1 Å². The van der Waals surface area contributed by atoms with Crippen LogP contribution in [0.3, 0.4) is 0 Å². The van der Waals surface area contributed by atoms with Crippen LogP contribution in [0, 0.1) is 0 Å². The quantitative estimate of drug-likeness (QED) is 0.653. The molecule has 0 amide bonds. The summed E-state index contributed by atoms with van der Waals surface area (Å²) in [6.45, 7) is 5.25. The number of fused-ring (bicyclic) bond motifs is 1. The van der Waals surface area contributed by atoms with Gasteiger partial charge in [-0.05, 0) is 47.6 Å². The molecule has 2 N–H and O–H groups in total. The van der Waals surface area contributed by atoms with Gasteiger partial charge in [-0.3, -0.25) is 0 Å². The Balaban J connectivity index is 1.95. The molecule has 0 saturated carbocycles. The molecule has 0 aliphatic rings. The minimum atomic E-state index is -0.0326. The Kier molecular flexibility index (Phi) is 5.82. The second kappa shape index (κ2) is 8.07. The number of imidazole rings is 1. The third-order valence-electron chi connectivity index (χ3n) is 4.64. The number of benzene rings is 2. The number of nitrogens with zero attached hydrogens (tertiary/aromatic N) is 2. The van der Waals surface area contributed by atoms with Crippen LogP contribution < -0.4 is 5.73 Å². The number of thioether (sulfide) groups is 1. The van der Waals surface area contributed by atoms with Crippen molar-refractivity contribution in [1.29, 1.82) is 0 Å². The molecule has 132 valence electrons. The van der Waals surface area contributed by atoms with Crippen molar-refractivity contribution < 1.29 is 0 Å². The Bertz CT molecular complexity index is 821. The summed E-state index contributed by atoms with van der Waals surface area (Å²) in [7, 11) is 0. The lowest BCUT2D eigenvalue weighted by Gasteiger charge is -2.15. The van der Waals surface area contributed by atoms with Crippen molar-refractivity contribution in [2.24, 2.45) is 5.73 Å². The molecule has 0 fully saturated rings. The summed E-state index contributed by atoms with van der Waals surface area (Å²) >= 11 is 1.83. The highest BCUT2D eigenvalue weighted by atomic mass is 32.2. The third kappa shape index (κ3) is 4.07. The molecule has 1 unspecified atom stereocenters. The second-order valence-electron chi connectivity index (χ2n) is 6.83. The van der Waals surface area contributed by atoms with Crippen LogP contribution in [0.2, 0.25) is 0 Å². The molecule has 3 nitrogen and oxygen atoms in total. The smallest absolute Gasteiger partial charge is 0.127 e. The number of hydrogen-bond donors (Lipinski definition) is 1. The average Bonchev–Trinajstić information content (AvgIpc) is 2.99. The van der Waals surface area contributed by atoms with E-state index in [4.69, 9.17) is 10.7 Å². The van der Waals surface area contributed by atoms with Crippen molar-refractivity contribution in [3.8, 4) is 0 Å². The first kappa shape index (κ1) is 18.0. The Labute approximate surface area is 154 Å². The second-order valence-corrected chi connectivity index (χ2v) is 7.81. The van der Waals surface area contributed by atoms with E-state index in [1.165, 1.54) is 11.1 Å². The fraction of sp³-hybridized carbons (Fsp3) is 0.381. The molecule has 2 aromatic carbocycles. The molecule has 1 heterocycles. The maximum atomic E-state index is 6.47. The number of rotatable bonds is 7. The highest BCUT2D eigenvalue weighted by Crippen LogP contribution is 2.24. The monoisotopic (exact) mass is 353 g/mol. The lowest BCUT2D eigenvalue weighted by atomic mass is 10.0. The first-order chi connectivity index (χ1) is 12.1. The van der Waals surface area contributed by atoms with Crippen LogP contribution in [0.25, 0.3) is 11.0 Å². The predicted molar refractivity (Wildman–Crippen MR) is 109 cm³/mol. The molecule has 0 aliphatic heterocycles. The van der Waals surface area contributed by atoms with E-state index in [2.05, 4.69) is 67.1 Å². The van der Waals surface area contributed by atoms with E-state index in [1.54, 1.807) is 0 Å². The van der Waals surface area contributed by atoms with E-state index in [0.29, 0.717) is 5.92 Å². The van der Waals surface area contributed by atoms with E-state index >= 15 is 0 Å². The molecule has 0 aliphatic carbocycles. The summed E-state index contributed by atoms with van der Waals surface area (Å²) < 4.78 is 2.28. The molecular formula is C21H27N3S. The fourth-order valence-electron chi connectivity index (χ4n) is 3.11. The fourth-order valence-corrected chi connectivity index (χ4v) is 3.60. The first-order valence-electron chi connectivity index (χ1n) is 8.88. The summed E-state index contributed by atoms with van der Waals surface area (Å²) in [6.07, 6.45) is 3.06. The zero-order valence-corrected chi connectivity index (χ0v) is 16.1. The summed E-state index contributed by atoms with van der Waals surface area (Å²) in [5, 5.41) is 0. The van der Waals surface area contributed by atoms with Gasteiger partial charge in [0.25, 0.3) is 0 Å². The minimum absolute atomic E-state index is 0.0326. The SMILES string of the molecule is CSCCC(N)c1nc2ccccc2n1Cc1ccc(C(C)C)cc1. The molecule has 3 rings (SSSR count). The molecule has 1 atom stereocenters. The Morgan fingerprint density at radius 1 is 1.08 bits per heavy atom. The molecule has 0 spiro atoms. The predicted octanol–water partition coefficient (Wildman–Crippen LogP) is 4.96. The topological polar surface area (TPSA) is 43.8 Å². The van der Waals surface area contributed by atoms with Crippen molar-refractivity contribution in [2.45, 2.75) is 38.8 Å². The molecule has 0 radical (unpaired) electrons. The lowest BCUT2D eigenvalue weighted by Crippen LogP contribution is -2.18. The van der Waals surface area contributed by atoms with Crippen molar-refractivity contribution >= 4 is 22.8 Å². The molecule has 0 bridgehead atoms. The first-order valence-corrected chi connectivity index (χ1v) is 10.3. The van der Waals surface area contributed by atoms with Gasteiger partial charge in [-0.2, -0.15) is 11.8 Å². The van der Waals surface area contributed by atoms with Crippen molar-refractivity contribution in [1.82, 2.24) is 9.55 Å². The van der Waals surface area contributed by atoms with Crippen LogP contribution in [0.15, 0.2) is 48.5 Å². The van der Waals surface area contributed by atoms with Crippen molar-refractivity contribution in [2.75, 3.05) is 12.0 Å². The van der Waals surface area contributed by atoms with Gasteiger partial charge in [0.1, 0.15) is 5.82 Å². The van der Waals surface area contributed by atoms with Gasteiger partial charge < -0.3 is 10.3 Å². The largest absolute Gasteiger partial charge is 0.322 e. The van der Waals surface area contributed by atoms with Gasteiger partial charge in [-0.15, -0.1) is 0 Å². The van der Waals surface area contributed by atoms with Crippen LogP contribution in [0.5, 0.6) is 0 Å². The summed E-state index contributed by atoms with van der Waals surface area (Å²) in [4.78, 5) is 4.84. The van der Waals surface area contributed by atoms with Crippen molar-refractivity contribution in [3.63, 3.8) is 0 Å². The number of nitrogens with two attached hydrogens (primary N) is 1. The van der Waals surface area contributed by atoms with E-state index in [1.807, 2.05) is 17.8 Å². The number of hydrogen-bond acceptors (Lipinski definition) is 3. The van der Waals surface area contributed by atoms with Crippen LogP contribution in [0.1, 0.15) is 49.2 Å². The van der Waals surface area contributed by atoms with E-state index in [9.17, 15) is 0 Å². The van der Waals surface area contributed by atoms with Crippen molar-refractivity contribution in [3.05, 3.63) is 65.5 Å². The summed E-state index contributed by atoms with van der Waals surface area (Å²) in [6, 6.07) is 17.2. The van der Waals surface area contributed by atoms with Gasteiger partial charge in [-0.25, -0.2) is 4.98 Å². The molecular weight excluding hydrogens is 326 g/mol. The average molecular weight is 354 g/mol. The summed E-state index contributed by atoms with van der Waals surface area (Å²) in [5.74, 6) is 2.59. The van der Waals surface area contributed by atoms with Crippen LogP contribution in [-0.4, -0.2) is 21.6 Å². The maximum Gasteiger partial charge on any atom is 0.127 e. The van der Waals surface area contributed by atoms with Gasteiger partial charge in [0, 0.05) is 6.54 Å². The lowest BCUT2D eigenvalue weighted by molar-refractivity contribution is 0.609. The maximum absolute atomic E-state index is 6.47. The van der Waals surface area contributed by atoms with Gasteiger partial charge in [-0.1, -0.05) is 50.2 Å². The molecule has 25 heavy (non-hydrogen) atoms. The Morgan fingerprint density at radius 3 is 2.48 bits per heavy atom. The van der Waals surface area contributed by atoms with Gasteiger partial charge >= 0.3 is 0 Å². The minimum Gasteiger partial charge on any atom is -0.322 e. The Hall–Kier alpha value is -1.78. The van der Waals surface area contributed by atoms with E-state index in [0.717, 1.165) is 35.6 Å². The van der Waals surface area contributed by atoms with Crippen LogP contribution in [0.4, 0.5) is 0 Å². The zero-order chi connectivity index (χ0) is 17.8. The molecule has 0 saturated heterocycles. The number of aromatic nitrogens is 2. The van der Waals surface area contributed by atoms with E-state index in [-0.39, 0.29) is 6.04 Å². The number of para-hydroxylation sites is 2. The highest BCUT2D eigenvalue weighted by Gasteiger charge is 2.17. The molecule has 1 aromatic heterocycles. The normalized spacial score (nSPS) is 12.8. The third-order valence-corrected chi connectivity index (χ3v) is 5.28. The highest BCUT2D eigenvalue weighted by molar-refractivity contribution is 7.98. The summed E-state index contributed by atoms with van der Waals surface area (Å²) in [5.41, 5.74) is 11.3. The van der Waals surface area contributed by atoms with Crippen LogP contribution in [-0.2, 0) is 6.54 Å².